The van der Waals surface area contributed by atoms with Crippen LogP contribution in [0.25, 0.3) is 0 Å². The number of halogens is 3. The average molecular weight is 523 g/mol. The molecule has 2 bridgehead atoms. The highest BCUT2D eigenvalue weighted by Gasteiger charge is 2.68. The largest absolute Gasteiger partial charge is 0.573 e. The maximum absolute atomic E-state index is 12.8. The highest BCUT2D eigenvalue weighted by molar-refractivity contribution is 6.47. The molecular weight excluding hydrogens is 482 g/mol. The first-order chi connectivity index (χ1) is 17.3. The van der Waals surface area contributed by atoms with Crippen molar-refractivity contribution >= 4 is 12.9 Å². The number of rotatable bonds is 12. The predicted molar refractivity (Wildman–Crippen MR) is 137 cm³/mol. The summed E-state index contributed by atoms with van der Waals surface area (Å²) in [5, 5.41) is 0. The highest BCUT2D eigenvalue weighted by Crippen LogP contribution is 2.66. The molecule has 4 fully saturated rings. The summed E-state index contributed by atoms with van der Waals surface area (Å²) in [5.41, 5.74) is 6.86. The molecule has 1 saturated heterocycles. The molecule has 1 aromatic carbocycles. The van der Waals surface area contributed by atoms with Crippen molar-refractivity contribution in [2.24, 2.45) is 23.0 Å². The van der Waals surface area contributed by atoms with Gasteiger partial charge in [-0.15, -0.1) is 13.2 Å². The molecule has 206 valence electrons. The Hall–Kier alpha value is -1.58. The Bertz CT molecular complexity index is 940. The van der Waals surface area contributed by atoms with Gasteiger partial charge in [-0.25, -0.2) is 0 Å². The number of hydrogen-bond donors (Lipinski definition) is 1. The Kier molecular flexibility index (Phi) is 8.37. The number of hydrogen-bond acceptors (Lipinski definition) is 5. The van der Waals surface area contributed by atoms with Crippen molar-refractivity contribution in [1.82, 2.24) is 0 Å². The molecule has 1 heterocycles. The van der Waals surface area contributed by atoms with Crippen LogP contribution in [0.5, 0.6) is 5.75 Å². The number of Topliss-reactive ketones (excluding diaryl/α,β-unsaturated/α-hetero) is 1. The van der Waals surface area contributed by atoms with E-state index in [1.165, 1.54) is 12.1 Å². The van der Waals surface area contributed by atoms with Crippen molar-refractivity contribution in [2.45, 2.75) is 115 Å². The van der Waals surface area contributed by atoms with Crippen molar-refractivity contribution in [3.63, 3.8) is 0 Å². The van der Waals surface area contributed by atoms with E-state index in [9.17, 15) is 18.0 Å². The van der Waals surface area contributed by atoms with Crippen LogP contribution >= 0.6 is 0 Å². The fourth-order valence-electron chi connectivity index (χ4n) is 6.85. The third kappa shape index (κ3) is 6.20. The molecule has 1 aliphatic heterocycles. The number of unbranched alkanes of at least 4 members (excludes halogenated alkanes) is 2. The highest BCUT2D eigenvalue weighted by atomic mass is 19.4. The lowest BCUT2D eigenvalue weighted by molar-refractivity contribution is -0.274. The third-order valence-electron chi connectivity index (χ3n) is 9.30. The summed E-state index contributed by atoms with van der Waals surface area (Å²) in [5.74, 6) is 0.709. The van der Waals surface area contributed by atoms with Crippen molar-refractivity contribution in [3.8, 4) is 5.75 Å². The minimum atomic E-state index is -4.73. The van der Waals surface area contributed by atoms with Gasteiger partial charge in [0, 0.05) is 6.42 Å². The minimum Gasteiger partial charge on any atom is -0.406 e. The van der Waals surface area contributed by atoms with Crippen molar-refractivity contribution in [1.29, 1.82) is 0 Å². The lowest BCUT2D eigenvalue weighted by Crippen LogP contribution is -2.65. The summed E-state index contributed by atoms with van der Waals surface area (Å²) in [6, 6.07) is 5.45. The van der Waals surface area contributed by atoms with Crippen molar-refractivity contribution in [2.75, 3.05) is 0 Å². The van der Waals surface area contributed by atoms with E-state index in [1.807, 2.05) is 0 Å². The van der Waals surface area contributed by atoms with Gasteiger partial charge in [-0.1, -0.05) is 52.2 Å². The number of ketones is 1. The third-order valence-corrected chi connectivity index (χ3v) is 9.30. The van der Waals surface area contributed by atoms with E-state index in [-0.39, 0.29) is 34.5 Å². The van der Waals surface area contributed by atoms with Gasteiger partial charge in [0.15, 0.2) is 0 Å². The maximum Gasteiger partial charge on any atom is 0.573 e. The number of carbonyl (C=O) groups is 1. The van der Waals surface area contributed by atoms with Gasteiger partial charge in [0.05, 0.1) is 17.7 Å². The zero-order valence-electron chi connectivity index (χ0n) is 22.5. The second-order valence-electron chi connectivity index (χ2n) is 12.1. The lowest BCUT2D eigenvalue weighted by atomic mass is 9.43. The smallest absolute Gasteiger partial charge is 0.406 e. The zero-order chi connectivity index (χ0) is 27.0. The molecule has 3 saturated carbocycles. The number of nitrogens with two attached hydrogens (primary N) is 1. The first-order valence-electron chi connectivity index (χ1n) is 13.8. The fraction of sp³-hybridized carbons (Fsp3) is 0.750. The van der Waals surface area contributed by atoms with Crippen LogP contribution in [0.4, 0.5) is 13.2 Å². The molecule has 0 spiro atoms. The van der Waals surface area contributed by atoms with E-state index in [1.54, 1.807) is 12.1 Å². The van der Waals surface area contributed by atoms with Crippen molar-refractivity contribution < 1.29 is 32.0 Å². The number of alkyl halides is 3. The molecule has 1 aromatic rings. The van der Waals surface area contributed by atoms with Gasteiger partial charge in [0.25, 0.3) is 0 Å². The Balaban J connectivity index is 1.45. The molecule has 2 N–H and O–H groups in total. The van der Waals surface area contributed by atoms with Crippen LogP contribution in [0, 0.1) is 17.3 Å². The fourth-order valence-corrected chi connectivity index (χ4v) is 6.85. The Labute approximate surface area is 219 Å². The monoisotopic (exact) mass is 523 g/mol. The van der Waals surface area contributed by atoms with E-state index in [4.69, 9.17) is 15.0 Å². The van der Waals surface area contributed by atoms with E-state index in [0.29, 0.717) is 37.5 Å². The first-order valence-corrected chi connectivity index (χ1v) is 13.8. The second kappa shape index (κ2) is 10.9. The van der Waals surface area contributed by atoms with Crippen molar-refractivity contribution in [3.05, 3.63) is 29.8 Å². The number of ether oxygens (including phenoxy) is 1. The van der Waals surface area contributed by atoms with Crippen LogP contribution in [0.3, 0.4) is 0 Å². The molecule has 3 aliphatic carbocycles. The van der Waals surface area contributed by atoms with Gasteiger partial charge in [-0.2, -0.15) is 0 Å². The van der Waals surface area contributed by atoms with E-state index >= 15 is 0 Å². The van der Waals surface area contributed by atoms with Crippen LogP contribution in [0.2, 0.25) is 5.82 Å². The maximum atomic E-state index is 12.8. The standard InChI is InChI=1S/C28H41BF3NO4/c1-5-6-7-8-22(33)23(34)14-11-20(15-18-9-12-21(13-10-18)35-28(30,31)32)29-36-25-17-19-16-24(26(19,2)3)27(25,4)37-29/h9-10,12-13,19-20,22,24-25H,5-8,11,14-17,33H2,1-4H3/t19?,20-,22+,24?,25?,27+/m0/s1. The molecule has 3 unspecified atom stereocenters. The van der Waals surface area contributed by atoms with Gasteiger partial charge < -0.3 is 19.8 Å². The summed E-state index contributed by atoms with van der Waals surface area (Å²) in [7, 11) is -0.472. The van der Waals surface area contributed by atoms with Gasteiger partial charge >= 0.3 is 13.5 Å². The Morgan fingerprint density at radius 1 is 1.16 bits per heavy atom. The van der Waals surface area contributed by atoms with Crippen LogP contribution in [0.1, 0.15) is 84.6 Å². The van der Waals surface area contributed by atoms with Crippen LogP contribution < -0.4 is 10.5 Å². The number of benzene rings is 1. The molecule has 9 heteroatoms. The second-order valence-corrected chi connectivity index (χ2v) is 12.1. The van der Waals surface area contributed by atoms with E-state index in [0.717, 1.165) is 37.7 Å². The normalized spacial score (nSPS) is 29.8. The van der Waals surface area contributed by atoms with Crippen LogP contribution in [0.15, 0.2) is 24.3 Å². The van der Waals surface area contributed by atoms with Crippen LogP contribution in [-0.4, -0.2) is 37.0 Å². The molecule has 37 heavy (non-hydrogen) atoms. The molecule has 0 radical (unpaired) electrons. The summed E-state index contributed by atoms with van der Waals surface area (Å²) in [4.78, 5) is 12.8. The Morgan fingerprint density at radius 2 is 1.86 bits per heavy atom. The minimum absolute atomic E-state index is 0.0198. The zero-order valence-corrected chi connectivity index (χ0v) is 22.5. The topological polar surface area (TPSA) is 70.8 Å². The molecule has 0 aromatic heterocycles. The van der Waals surface area contributed by atoms with E-state index in [2.05, 4.69) is 32.4 Å². The summed E-state index contributed by atoms with van der Waals surface area (Å²) in [6.45, 7) is 8.90. The molecule has 5 nitrogen and oxygen atoms in total. The molecule has 6 atom stereocenters. The predicted octanol–water partition coefficient (Wildman–Crippen LogP) is 6.48. The SMILES string of the molecule is CCCCC[C@@H](N)C(=O)CC[C@@H](Cc1ccc(OC(F)(F)F)cc1)B1OC2CC3CC(C3(C)C)[C@@]2(C)O1. The van der Waals surface area contributed by atoms with Gasteiger partial charge in [-0.05, 0) is 79.8 Å². The summed E-state index contributed by atoms with van der Waals surface area (Å²) in [6.07, 6.45) is 2.55. The first kappa shape index (κ1) is 28.4. The molecule has 5 rings (SSSR count). The number of carbonyl (C=O) groups excluding carboxylic acids is 1. The average Bonchev–Trinajstić information content (AvgIpc) is 3.18. The quantitative estimate of drug-likeness (QED) is 0.251. The molecule has 0 amide bonds. The van der Waals surface area contributed by atoms with Gasteiger partial charge in [-0.3, -0.25) is 4.79 Å². The van der Waals surface area contributed by atoms with Crippen LogP contribution in [-0.2, 0) is 20.5 Å². The molecular formula is C28H41BF3NO4. The summed E-state index contributed by atoms with van der Waals surface area (Å²) >= 11 is 0. The molecule has 4 aliphatic rings. The van der Waals surface area contributed by atoms with E-state index < -0.39 is 19.5 Å². The Morgan fingerprint density at radius 3 is 2.49 bits per heavy atom. The summed E-state index contributed by atoms with van der Waals surface area (Å²) < 4.78 is 54.9. The lowest BCUT2D eigenvalue weighted by Gasteiger charge is -2.64. The van der Waals surface area contributed by atoms with Gasteiger partial charge in [0.2, 0.25) is 0 Å². The van der Waals surface area contributed by atoms with Gasteiger partial charge in [0.1, 0.15) is 11.5 Å².